The van der Waals surface area contributed by atoms with Gasteiger partial charge in [-0.3, -0.25) is 4.79 Å². The Kier molecular flexibility index (Phi) is 5.24. The van der Waals surface area contributed by atoms with Crippen molar-refractivity contribution in [2.24, 2.45) is 5.73 Å². The molecule has 1 aromatic heterocycles. The van der Waals surface area contributed by atoms with Crippen LogP contribution in [0.5, 0.6) is 0 Å². The Bertz CT molecular complexity index is 1120. The van der Waals surface area contributed by atoms with Crippen LogP contribution in [0.1, 0.15) is 30.5 Å². The maximum absolute atomic E-state index is 13.1. The summed E-state index contributed by atoms with van der Waals surface area (Å²) >= 11 is 1.64. The summed E-state index contributed by atoms with van der Waals surface area (Å²) in [4.78, 5) is 23.6. The molecule has 0 fully saturated rings. The van der Waals surface area contributed by atoms with E-state index in [2.05, 4.69) is 36.5 Å². The van der Waals surface area contributed by atoms with Crippen molar-refractivity contribution in [3.05, 3.63) is 57.2 Å². The Labute approximate surface area is 155 Å². The Morgan fingerprint density at radius 3 is 2.65 bits per heavy atom. The molecule has 0 radical (unpaired) electrons. The van der Waals surface area contributed by atoms with Crippen LogP contribution in [0.2, 0.25) is 0 Å². The third-order valence-electron chi connectivity index (χ3n) is 4.21. The third kappa shape index (κ3) is 3.56. The molecule has 3 aromatic rings. The highest BCUT2D eigenvalue weighted by molar-refractivity contribution is 7.24. The van der Waals surface area contributed by atoms with Gasteiger partial charge in [0.1, 0.15) is 0 Å². The van der Waals surface area contributed by atoms with E-state index in [-0.39, 0.29) is 12.0 Å². The molecule has 2 aromatic carbocycles. The predicted octanol–water partition coefficient (Wildman–Crippen LogP) is 3.99. The summed E-state index contributed by atoms with van der Waals surface area (Å²) in [6.07, 6.45) is 0.942. The lowest BCUT2D eigenvalue weighted by atomic mass is 10.0. The smallest absolute Gasteiger partial charge is 0.405 e. The standard InChI is InChI=1S/C21H19NO3S/c1-3-13-10-15(4-2)20-17(11-13)19(23)16-12-14(7-8-18(16)26-20)6-5-9-25-21(22)24/h7-8,10-12H,3-4,9H2,1-2H3,(H2,22,24). The molecule has 1 amide bonds. The second-order valence-corrected chi connectivity index (χ2v) is 6.94. The molecule has 0 saturated heterocycles. The van der Waals surface area contributed by atoms with E-state index in [1.54, 1.807) is 17.4 Å². The minimum absolute atomic E-state index is 0.0378. The van der Waals surface area contributed by atoms with Gasteiger partial charge in [0.15, 0.2) is 12.0 Å². The zero-order valence-electron chi connectivity index (χ0n) is 14.7. The molecule has 0 aliphatic heterocycles. The van der Waals surface area contributed by atoms with Gasteiger partial charge in [0.2, 0.25) is 0 Å². The van der Waals surface area contributed by atoms with Gasteiger partial charge >= 0.3 is 6.09 Å². The van der Waals surface area contributed by atoms with E-state index in [0.717, 1.165) is 27.6 Å². The number of carbonyl (C=O) groups is 1. The number of hydrogen-bond acceptors (Lipinski definition) is 4. The van der Waals surface area contributed by atoms with E-state index in [4.69, 9.17) is 5.73 Å². The van der Waals surface area contributed by atoms with Crippen LogP contribution < -0.4 is 11.2 Å². The van der Waals surface area contributed by atoms with Gasteiger partial charge in [-0.2, -0.15) is 0 Å². The van der Waals surface area contributed by atoms with Gasteiger partial charge in [0.25, 0.3) is 0 Å². The molecule has 0 unspecified atom stereocenters. The summed E-state index contributed by atoms with van der Waals surface area (Å²) in [6.45, 7) is 4.14. The fraction of sp³-hybridized carbons (Fsp3) is 0.238. The lowest BCUT2D eigenvalue weighted by Crippen LogP contribution is -2.12. The first-order valence-corrected chi connectivity index (χ1v) is 9.28. The zero-order chi connectivity index (χ0) is 18.7. The molecule has 26 heavy (non-hydrogen) atoms. The Morgan fingerprint density at radius 2 is 1.96 bits per heavy atom. The lowest BCUT2D eigenvalue weighted by molar-refractivity contribution is 0.171. The lowest BCUT2D eigenvalue weighted by Gasteiger charge is -2.08. The summed E-state index contributed by atoms with van der Waals surface area (Å²) in [6, 6.07) is 9.80. The highest BCUT2D eigenvalue weighted by atomic mass is 32.1. The molecule has 0 bridgehead atoms. The number of carbonyl (C=O) groups excluding carboxylic acids is 1. The van der Waals surface area contributed by atoms with Crippen LogP contribution in [-0.4, -0.2) is 12.7 Å². The zero-order valence-corrected chi connectivity index (χ0v) is 15.5. The first kappa shape index (κ1) is 18.0. The number of amides is 1. The van der Waals surface area contributed by atoms with Crippen molar-refractivity contribution in [3.63, 3.8) is 0 Å². The van der Waals surface area contributed by atoms with Crippen molar-refractivity contribution in [3.8, 4) is 11.8 Å². The summed E-state index contributed by atoms with van der Waals surface area (Å²) < 4.78 is 6.60. The maximum Gasteiger partial charge on any atom is 0.405 e. The molecular formula is C21H19NO3S. The molecule has 4 nitrogen and oxygen atoms in total. The van der Waals surface area contributed by atoms with Gasteiger partial charge in [0, 0.05) is 25.7 Å². The number of nitrogens with two attached hydrogens (primary N) is 1. The number of hydrogen-bond donors (Lipinski definition) is 1. The number of fused-ring (bicyclic) bond motifs is 2. The monoisotopic (exact) mass is 365 g/mol. The van der Waals surface area contributed by atoms with Crippen LogP contribution >= 0.6 is 11.3 Å². The first-order chi connectivity index (χ1) is 12.5. The molecule has 0 saturated carbocycles. The number of benzene rings is 2. The quantitative estimate of drug-likeness (QED) is 0.564. The summed E-state index contributed by atoms with van der Waals surface area (Å²) in [5.74, 6) is 5.61. The Morgan fingerprint density at radius 1 is 1.15 bits per heavy atom. The van der Waals surface area contributed by atoms with Crippen molar-refractivity contribution < 1.29 is 9.53 Å². The maximum atomic E-state index is 13.1. The second kappa shape index (κ2) is 7.59. The molecule has 132 valence electrons. The molecule has 0 aliphatic carbocycles. The molecule has 0 atom stereocenters. The molecule has 3 rings (SSSR count). The average Bonchev–Trinajstić information content (AvgIpc) is 2.65. The van der Waals surface area contributed by atoms with E-state index in [0.29, 0.717) is 10.9 Å². The van der Waals surface area contributed by atoms with Crippen LogP contribution in [0.4, 0.5) is 4.79 Å². The van der Waals surface area contributed by atoms with Crippen molar-refractivity contribution >= 4 is 37.6 Å². The molecule has 5 heteroatoms. The number of aryl methyl sites for hydroxylation is 2. The topological polar surface area (TPSA) is 69.4 Å². The fourth-order valence-corrected chi connectivity index (χ4v) is 4.10. The molecule has 0 spiro atoms. The number of ether oxygens (including phenoxy) is 1. The minimum Gasteiger partial charge on any atom is -0.437 e. The highest BCUT2D eigenvalue weighted by Gasteiger charge is 2.10. The van der Waals surface area contributed by atoms with Gasteiger partial charge in [0.05, 0.1) is 0 Å². The van der Waals surface area contributed by atoms with Crippen LogP contribution in [-0.2, 0) is 17.6 Å². The Hall–Kier alpha value is -2.84. The average molecular weight is 365 g/mol. The summed E-state index contributed by atoms with van der Waals surface area (Å²) in [5, 5.41) is 1.45. The minimum atomic E-state index is -0.855. The normalized spacial score (nSPS) is 10.5. The van der Waals surface area contributed by atoms with Gasteiger partial charge in [-0.1, -0.05) is 31.8 Å². The molecule has 2 N–H and O–H groups in total. The summed E-state index contributed by atoms with van der Waals surface area (Å²) in [7, 11) is 0. The summed E-state index contributed by atoms with van der Waals surface area (Å²) in [5.41, 5.74) is 8.04. The highest BCUT2D eigenvalue weighted by Crippen LogP contribution is 2.29. The molecular weight excluding hydrogens is 346 g/mol. The SMILES string of the molecule is CCc1cc(CC)c2sc3ccc(C#CCOC(N)=O)cc3c(=O)c2c1. The largest absolute Gasteiger partial charge is 0.437 e. The van der Waals surface area contributed by atoms with Crippen LogP contribution in [0.15, 0.2) is 35.1 Å². The van der Waals surface area contributed by atoms with Crippen LogP contribution in [0, 0.1) is 11.8 Å². The van der Waals surface area contributed by atoms with Crippen molar-refractivity contribution in [2.75, 3.05) is 6.61 Å². The Balaban J connectivity index is 2.15. The van der Waals surface area contributed by atoms with E-state index in [9.17, 15) is 9.59 Å². The molecule has 0 aliphatic rings. The molecule has 1 heterocycles. The fourth-order valence-electron chi connectivity index (χ4n) is 2.89. The van der Waals surface area contributed by atoms with E-state index >= 15 is 0 Å². The van der Waals surface area contributed by atoms with Crippen LogP contribution in [0.25, 0.3) is 20.2 Å². The van der Waals surface area contributed by atoms with Crippen molar-refractivity contribution in [1.82, 2.24) is 0 Å². The van der Waals surface area contributed by atoms with Crippen LogP contribution in [0.3, 0.4) is 0 Å². The van der Waals surface area contributed by atoms with Gasteiger partial charge in [-0.15, -0.1) is 11.3 Å². The second-order valence-electron chi connectivity index (χ2n) is 5.89. The first-order valence-electron chi connectivity index (χ1n) is 8.47. The van der Waals surface area contributed by atoms with E-state index in [1.807, 2.05) is 18.2 Å². The number of primary amides is 1. The van der Waals surface area contributed by atoms with Crippen molar-refractivity contribution in [2.45, 2.75) is 26.7 Å². The number of rotatable bonds is 3. The van der Waals surface area contributed by atoms with Crippen molar-refractivity contribution in [1.29, 1.82) is 0 Å². The predicted molar refractivity (Wildman–Crippen MR) is 107 cm³/mol. The van der Waals surface area contributed by atoms with E-state index < -0.39 is 6.09 Å². The van der Waals surface area contributed by atoms with Gasteiger partial charge < -0.3 is 10.5 Å². The van der Waals surface area contributed by atoms with Gasteiger partial charge in [-0.05, 0) is 48.2 Å². The van der Waals surface area contributed by atoms with E-state index in [1.165, 1.54) is 11.1 Å². The third-order valence-corrected chi connectivity index (χ3v) is 5.48. The van der Waals surface area contributed by atoms with Gasteiger partial charge in [-0.25, -0.2) is 4.79 Å².